The highest BCUT2D eigenvalue weighted by atomic mass is 35.5. The molecule has 2 aromatic rings. The number of sulfonamides is 1. The first-order valence-corrected chi connectivity index (χ1v) is 10.1. The van der Waals surface area contributed by atoms with Crippen molar-refractivity contribution in [3.05, 3.63) is 51.9 Å². The molecule has 0 saturated carbocycles. The largest absolute Gasteiger partial charge is 0.351 e. The van der Waals surface area contributed by atoms with Crippen molar-refractivity contribution in [2.45, 2.75) is 30.5 Å². The zero-order valence-electron chi connectivity index (χ0n) is 13.3. The van der Waals surface area contributed by atoms with Crippen molar-refractivity contribution < 1.29 is 13.2 Å². The summed E-state index contributed by atoms with van der Waals surface area (Å²) in [4.78, 5) is 13.3. The van der Waals surface area contributed by atoms with Gasteiger partial charge in [0.25, 0.3) is 0 Å². The first-order chi connectivity index (χ1) is 11.2. The Morgan fingerprint density at radius 2 is 1.83 bits per heavy atom. The van der Waals surface area contributed by atoms with E-state index in [2.05, 4.69) is 5.32 Å². The van der Waals surface area contributed by atoms with Crippen LogP contribution in [0.25, 0.3) is 0 Å². The summed E-state index contributed by atoms with van der Waals surface area (Å²) in [6.45, 7) is 4.21. The lowest BCUT2D eigenvalue weighted by atomic mass is 9.87. The molecule has 24 heavy (non-hydrogen) atoms. The normalized spacial score (nSPS) is 13.0. The third-order valence-corrected chi connectivity index (χ3v) is 6.31. The summed E-state index contributed by atoms with van der Waals surface area (Å²) in [6.07, 6.45) is 0. The molecule has 1 aromatic carbocycles. The fraction of sp³-hybridized carbons (Fsp3) is 0.312. The third-order valence-electron chi connectivity index (χ3n) is 3.53. The number of benzene rings is 1. The SMILES string of the molecule is CC(C)[C@H](C(=O)NCc1ccc(S(N)(=O)=O)s1)c1ccc(Cl)cc1. The Labute approximate surface area is 150 Å². The van der Waals surface area contributed by atoms with Crippen LogP contribution in [0, 0.1) is 5.92 Å². The Hall–Kier alpha value is -1.41. The molecule has 2 rings (SSSR count). The number of thiophene rings is 1. The molecule has 8 heteroatoms. The predicted molar refractivity (Wildman–Crippen MR) is 96.6 cm³/mol. The average molecular weight is 387 g/mol. The number of nitrogens with two attached hydrogens (primary N) is 1. The van der Waals surface area contributed by atoms with Gasteiger partial charge in [-0.25, -0.2) is 13.6 Å². The highest BCUT2D eigenvalue weighted by Crippen LogP contribution is 2.26. The van der Waals surface area contributed by atoms with E-state index < -0.39 is 10.0 Å². The number of nitrogens with one attached hydrogen (secondary N) is 1. The molecule has 0 radical (unpaired) electrons. The van der Waals surface area contributed by atoms with Gasteiger partial charge in [-0.1, -0.05) is 37.6 Å². The van der Waals surface area contributed by atoms with Crippen LogP contribution >= 0.6 is 22.9 Å². The van der Waals surface area contributed by atoms with Gasteiger partial charge in [0.1, 0.15) is 4.21 Å². The van der Waals surface area contributed by atoms with Crippen LogP contribution in [-0.2, 0) is 21.4 Å². The lowest BCUT2D eigenvalue weighted by molar-refractivity contribution is -0.123. The van der Waals surface area contributed by atoms with E-state index in [1.165, 1.54) is 6.07 Å². The summed E-state index contributed by atoms with van der Waals surface area (Å²) in [7, 11) is -3.70. The smallest absolute Gasteiger partial charge is 0.247 e. The second-order valence-corrected chi connectivity index (χ2v) is 9.15. The molecule has 1 aromatic heterocycles. The van der Waals surface area contributed by atoms with E-state index in [1.807, 2.05) is 26.0 Å². The van der Waals surface area contributed by atoms with Crippen LogP contribution in [0.4, 0.5) is 0 Å². The zero-order valence-corrected chi connectivity index (χ0v) is 15.7. The topological polar surface area (TPSA) is 89.3 Å². The monoisotopic (exact) mass is 386 g/mol. The van der Waals surface area contributed by atoms with Crippen molar-refractivity contribution in [1.82, 2.24) is 5.32 Å². The van der Waals surface area contributed by atoms with Gasteiger partial charge in [0.05, 0.1) is 12.5 Å². The molecule has 1 amide bonds. The molecule has 1 heterocycles. The average Bonchev–Trinajstić information content (AvgIpc) is 2.96. The van der Waals surface area contributed by atoms with E-state index in [1.54, 1.807) is 18.2 Å². The molecule has 0 aliphatic rings. The maximum absolute atomic E-state index is 12.6. The molecular weight excluding hydrogens is 368 g/mol. The van der Waals surface area contributed by atoms with Gasteiger partial charge in [-0.2, -0.15) is 0 Å². The highest BCUT2D eigenvalue weighted by Gasteiger charge is 2.24. The number of amides is 1. The van der Waals surface area contributed by atoms with Gasteiger partial charge in [0, 0.05) is 9.90 Å². The van der Waals surface area contributed by atoms with E-state index in [9.17, 15) is 13.2 Å². The second-order valence-electron chi connectivity index (χ2n) is 5.76. The van der Waals surface area contributed by atoms with Gasteiger partial charge in [-0.15, -0.1) is 11.3 Å². The van der Waals surface area contributed by atoms with Crippen LogP contribution in [0.5, 0.6) is 0 Å². The molecule has 5 nitrogen and oxygen atoms in total. The molecule has 0 unspecified atom stereocenters. The fourth-order valence-electron chi connectivity index (χ4n) is 2.40. The van der Waals surface area contributed by atoms with Crippen LogP contribution in [0.1, 0.15) is 30.2 Å². The van der Waals surface area contributed by atoms with Crippen molar-refractivity contribution >= 4 is 38.9 Å². The van der Waals surface area contributed by atoms with Crippen LogP contribution in [0.2, 0.25) is 5.02 Å². The number of halogens is 1. The minimum Gasteiger partial charge on any atom is -0.351 e. The standard InChI is InChI=1S/C16H19ClN2O3S2/c1-10(2)15(11-3-5-12(17)6-4-11)16(20)19-9-13-7-8-14(23-13)24(18,21)22/h3-8,10,15H,9H2,1-2H3,(H,19,20)(H2,18,21,22)/t15-/m0/s1. The lowest BCUT2D eigenvalue weighted by Gasteiger charge is -2.20. The Morgan fingerprint density at radius 1 is 1.21 bits per heavy atom. The van der Waals surface area contributed by atoms with Gasteiger partial charge < -0.3 is 5.32 Å². The third kappa shape index (κ3) is 4.80. The van der Waals surface area contributed by atoms with Crippen LogP contribution in [-0.4, -0.2) is 14.3 Å². The minimum atomic E-state index is -3.70. The molecule has 0 aliphatic heterocycles. The summed E-state index contributed by atoms with van der Waals surface area (Å²) in [6, 6.07) is 10.3. The number of carbonyl (C=O) groups is 1. The molecular formula is C16H19ClN2O3S2. The van der Waals surface area contributed by atoms with Crippen molar-refractivity contribution in [3.8, 4) is 0 Å². The second kappa shape index (κ2) is 7.65. The van der Waals surface area contributed by atoms with Gasteiger partial charge in [-0.05, 0) is 35.7 Å². The Kier molecular flexibility index (Phi) is 6.03. The van der Waals surface area contributed by atoms with E-state index in [0.29, 0.717) is 5.02 Å². The van der Waals surface area contributed by atoms with E-state index in [4.69, 9.17) is 16.7 Å². The van der Waals surface area contributed by atoms with Crippen LogP contribution < -0.4 is 10.5 Å². The molecule has 0 bridgehead atoms. The number of carbonyl (C=O) groups excluding carboxylic acids is 1. The molecule has 1 atom stereocenters. The Bertz CT molecular complexity index is 814. The first-order valence-electron chi connectivity index (χ1n) is 7.33. The molecule has 130 valence electrons. The van der Waals surface area contributed by atoms with Crippen molar-refractivity contribution in [3.63, 3.8) is 0 Å². The van der Waals surface area contributed by atoms with Gasteiger partial charge >= 0.3 is 0 Å². The predicted octanol–water partition coefficient (Wildman–Crippen LogP) is 3.10. The maximum Gasteiger partial charge on any atom is 0.247 e. The molecule has 0 saturated heterocycles. The summed E-state index contributed by atoms with van der Waals surface area (Å²) in [5.74, 6) is -0.313. The van der Waals surface area contributed by atoms with E-state index in [-0.39, 0.29) is 28.5 Å². The summed E-state index contributed by atoms with van der Waals surface area (Å²) >= 11 is 6.95. The molecule has 3 N–H and O–H groups in total. The Morgan fingerprint density at radius 3 is 2.33 bits per heavy atom. The Balaban J connectivity index is 2.08. The van der Waals surface area contributed by atoms with Gasteiger partial charge in [0.2, 0.25) is 15.9 Å². The van der Waals surface area contributed by atoms with Crippen LogP contribution in [0.3, 0.4) is 0 Å². The van der Waals surface area contributed by atoms with Crippen molar-refractivity contribution in [2.24, 2.45) is 11.1 Å². The van der Waals surface area contributed by atoms with E-state index >= 15 is 0 Å². The minimum absolute atomic E-state index is 0.0878. The number of primary sulfonamides is 1. The van der Waals surface area contributed by atoms with Crippen molar-refractivity contribution in [2.75, 3.05) is 0 Å². The number of hydrogen-bond donors (Lipinski definition) is 2. The summed E-state index contributed by atoms with van der Waals surface area (Å²) in [5.41, 5.74) is 0.892. The molecule has 0 fully saturated rings. The van der Waals surface area contributed by atoms with Crippen molar-refractivity contribution in [1.29, 1.82) is 0 Å². The summed E-state index contributed by atoms with van der Waals surface area (Å²) in [5, 5.41) is 8.57. The quantitative estimate of drug-likeness (QED) is 0.799. The molecule has 0 spiro atoms. The van der Waals surface area contributed by atoms with Gasteiger partial charge in [-0.3, -0.25) is 4.79 Å². The maximum atomic E-state index is 12.6. The van der Waals surface area contributed by atoms with Crippen LogP contribution in [0.15, 0.2) is 40.6 Å². The highest BCUT2D eigenvalue weighted by molar-refractivity contribution is 7.91. The number of hydrogen-bond acceptors (Lipinski definition) is 4. The van der Waals surface area contributed by atoms with E-state index in [0.717, 1.165) is 21.8 Å². The molecule has 0 aliphatic carbocycles. The lowest BCUT2D eigenvalue weighted by Crippen LogP contribution is -2.31. The van der Waals surface area contributed by atoms with Gasteiger partial charge in [0.15, 0.2) is 0 Å². The fourth-order valence-corrected chi connectivity index (χ4v) is 4.24. The summed E-state index contributed by atoms with van der Waals surface area (Å²) < 4.78 is 22.7. The number of rotatable bonds is 6. The first kappa shape index (κ1) is 18.9. The zero-order chi connectivity index (χ0) is 17.9.